The lowest BCUT2D eigenvalue weighted by molar-refractivity contribution is -0.690. The fraction of sp³-hybridized carbons (Fsp3) is 0.900. The molecule has 0 radical (unpaired) electrons. The number of carbonyl (C=O) groups excluding carboxylic acids is 1. The van der Waals surface area contributed by atoms with Crippen LogP contribution in [-0.4, -0.2) is 23.5 Å². The quantitative estimate of drug-likeness (QED) is 0.401. The molecule has 0 aliphatic carbocycles. The molecule has 0 heterocycles. The van der Waals surface area contributed by atoms with Gasteiger partial charge in [-0.15, -0.1) is 0 Å². The second-order valence-corrected chi connectivity index (χ2v) is 3.63. The fourth-order valence-electron chi connectivity index (χ4n) is 1.33. The van der Waals surface area contributed by atoms with E-state index < -0.39 is 5.09 Å². The van der Waals surface area contributed by atoms with Crippen molar-refractivity contribution in [1.29, 1.82) is 0 Å². The largest absolute Gasteiger partial charge is 0.356 e. The monoisotopic (exact) mass is 234 g/mol. The number of nitrogens with two attached hydrogens (primary N) is 1. The molecule has 0 aromatic carbocycles. The summed E-state index contributed by atoms with van der Waals surface area (Å²) in [5, 5.41) is 17.1. The molecule has 16 heavy (non-hydrogen) atoms. The summed E-state index contributed by atoms with van der Waals surface area (Å²) in [7, 11) is 0. The summed E-state index contributed by atoms with van der Waals surface area (Å²) in [4.78, 5) is 18.9. The van der Waals surface area contributed by atoms with Crippen molar-refractivity contribution in [3.8, 4) is 0 Å². The molecule has 0 amide bonds. The molecule has 0 saturated heterocycles. The normalized spacial score (nSPS) is 9.50. The third-order valence-corrected chi connectivity index (χ3v) is 2.28. The summed E-state index contributed by atoms with van der Waals surface area (Å²) < 4.78 is 0. The average Bonchev–Trinajstić information content (AvgIpc) is 2.17. The van der Waals surface area contributed by atoms with E-state index >= 15 is 0 Å². The van der Waals surface area contributed by atoms with Crippen LogP contribution in [0.1, 0.15) is 46.5 Å². The Morgan fingerprint density at radius 2 is 1.75 bits per heavy atom. The van der Waals surface area contributed by atoms with Crippen LogP contribution in [0.25, 0.3) is 0 Å². The number of ketones is 1. The van der Waals surface area contributed by atoms with Gasteiger partial charge in [-0.2, -0.15) is 0 Å². The molecule has 0 aromatic heterocycles. The van der Waals surface area contributed by atoms with Crippen molar-refractivity contribution in [2.45, 2.75) is 52.5 Å². The predicted molar refractivity (Wildman–Crippen MR) is 61.4 cm³/mol. The maximum Gasteiger partial charge on any atom is 0.130 e. The third-order valence-electron chi connectivity index (χ3n) is 2.28. The molecule has 0 aliphatic rings. The summed E-state index contributed by atoms with van der Waals surface area (Å²) in [6.07, 6.45) is 4.25. The summed E-state index contributed by atoms with van der Waals surface area (Å²) in [5.41, 5.74) is 0. The molecule has 6 heteroatoms. The van der Waals surface area contributed by atoms with Gasteiger partial charge in [-0.3, -0.25) is 0 Å². The first kappa shape index (κ1) is 17.2. The lowest BCUT2D eigenvalue weighted by Gasteiger charge is -2.10. The molecule has 96 valence electrons. The van der Waals surface area contributed by atoms with Crippen molar-refractivity contribution in [1.82, 2.24) is 0 Å². The maximum atomic E-state index is 10.6. The van der Waals surface area contributed by atoms with Gasteiger partial charge in [-0.1, -0.05) is 13.8 Å². The van der Waals surface area contributed by atoms with Crippen molar-refractivity contribution in [2.24, 2.45) is 0 Å². The topological polar surface area (TPSA) is 99.9 Å². The molecule has 6 nitrogen and oxygen atoms in total. The highest BCUT2D eigenvalue weighted by Gasteiger charge is 2.04. The Kier molecular flexibility index (Phi) is 12.8. The summed E-state index contributed by atoms with van der Waals surface area (Å²) in [6, 6.07) is 0.761. The van der Waals surface area contributed by atoms with E-state index in [1.165, 1.54) is 12.8 Å². The minimum atomic E-state index is -1.75. The predicted octanol–water partition coefficient (Wildman–Crippen LogP) is 0.869. The Hall–Kier alpha value is -1.17. The Morgan fingerprint density at radius 3 is 2.06 bits per heavy atom. The van der Waals surface area contributed by atoms with Gasteiger partial charge in [0.25, 0.3) is 0 Å². The highest BCUT2D eigenvalue weighted by atomic mass is 16.9. The molecule has 2 N–H and O–H groups in total. The first-order valence-corrected chi connectivity index (χ1v) is 5.58. The molecule has 0 spiro atoms. The van der Waals surface area contributed by atoms with Gasteiger partial charge >= 0.3 is 0 Å². The fourth-order valence-corrected chi connectivity index (χ4v) is 1.33. The minimum absolute atomic E-state index is 0.313. The molecule has 0 aromatic rings. The first-order chi connectivity index (χ1) is 7.43. The van der Waals surface area contributed by atoms with Crippen molar-refractivity contribution in [2.75, 3.05) is 6.54 Å². The lowest BCUT2D eigenvalue weighted by Crippen LogP contribution is -2.89. The van der Waals surface area contributed by atoms with Crippen LogP contribution in [0.15, 0.2) is 0 Å². The molecule has 0 aliphatic heterocycles. The SMILES string of the molecule is CCC(CC)[NH2+]CCCC(C)=O.O=[N+]([O-])[O-]. The summed E-state index contributed by atoms with van der Waals surface area (Å²) in [6.45, 7) is 7.20. The number of hydrogen-bond donors (Lipinski definition) is 1. The second-order valence-electron chi connectivity index (χ2n) is 3.63. The lowest BCUT2D eigenvalue weighted by atomic mass is 10.1. The van der Waals surface area contributed by atoms with E-state index in [1.807, 2.05) is 0 Å². The zero-order chi connectivity index (χ0) is 13.0. The molecule has 0 saturated carbocycles. The zero-order valence-corrected chi connectivity index (χ0v) is 10.3. The van der Waals surface area contributed by atoms with Crippen LogP contribution >= 0.6 is 0 Å². The van der Waals surface area contributed by atoms with Gasteiger partial charge in [0, 0.05) is 12.8 Å². The summed E-state index contributed by atoms with van der Waals surface area (Å²) >= 11 is 0. The molecule has 0 fully saturated rings. The number of Topliss-reactive ketones (excluding diaryl/α,β-unsaturated/α-hetero) is 1. The molecule has 0 atom stereocenters. The van der Waals surface area contributed by atoms with Gasteiger partial charge in [0.15, 0.2) is 0 Å². The van der Waals surface area contributed by atoms with E-state index in [-0.39, 0.29) is 0 Å². The van der Waals surface area contributed by atoms with Gasteiger partial charge in [0.1, 0.15) is 5.78 Å². The minimum Gasteiger partial charge on any atom is -0.356 e. The van der Waals surface area contributed by atoms with E-state index in [2.05, 4.69) is 19.2 Å². The van der Waals surface area contributed by atoms with E-state index in [4.69, 9.17) is 15.3 Å². The average molecular weight is 234 g/mol. The van der Waals surface area contributed by atoms with E-state index in [1.54, 1.807) is 6.92 Å². The Bertz CT molecular complexity index is 189. The van der Waals surface area contributed by atoms with E-state index in [0.29, 0.717) is 5.78 Å². The van der Waals surface area contributed by atoms with E-state index in [9.17, 15) is 4.79 Å². The van der Waals surface area contributed by atoms with E-state index in [0.717, 1.165) is 25.4 Å². The molecule has 0 unspecified atom stereocenters. The van der Waals surface area contributed by atoms with Crippen LogP contribution in [-0.2, 0) is 4.79 Å². The number of carbonyl (C=O) groups is 1. The molecular weight excluding hydrogens is 212 g/mol. The van der Waals surface area contributed by atoms with Gasteiger partial charge in [-0.05, 0) is 19.8 Å². The van der Waals surface area contributed by atoms with Gasteiger partial charge in [-0.25, -0.2) is 0 Å². The summed E-state index contributed by atoms with van der Waals surface area (Å²) in [5.74, 6) is 0.313. The zero-order valence-electron chi connectivity index (χ0n) is 10.3. The first-order valence-electron chi connectivity index (χ1n) is 5.58. The Balaban J connectivity index is 0. The molecule has 0 bridgehead atoms. The number of hydrogen-bond acceptors (Lipinski definition) is 4. The maximum absolute atomic E-state index is 10.6. The highest BCUT2D eigenvalue weighted by molar-refractivity contribution is 5.75. The third kappa shape index (κ3) is 18.6. The number of quaternary nitrogens is 1. The Morgan fingerprint density at radius 1 is 1.31 bits per heavy atom. The van der Waals surface area contributed by atoms with Gasteiger partial charge in [0.05, 0.1) is 17.7 Å². The van der Waals surface area contributed by atoms with Crippen molar-refractivity contribution in [3.05, 3.63) is 15.3 Å². The van der Waals surface area contributed by atoms with Crippen LogP contribution in [0.5, 0.6) is 0 Å². The molecular formula is C10H22N2O4. The van der Waals surface area contributed by atoms with Gasteiger partial charge < -0.3 is 25.4 Å². The van der Waals surface area contributed by atoms with Crippen LogP contribution in [0.3, 0.4) is 0 Å². The van der Waals surface area contributed by atoms with Crippen LogP contribution in [0.4, 0.5) is 0 Å². The standard InChI is InChI=1S/C10H21NO.NO3/c1-4-10(5-2)11-8-6-7-9(3)12;2-1(3)4/h10-11H,4-8H2,1-3H3;/q;-1/p+1. The second kappa shape index (κ2) is 11.9. The van der Waals surface area contributed by atoms with Crippen LogP contribution in [0.2, 0.25) is 0 Å². The van der Waals surface area contributed by atoms with Crippen molar-refractivity contribution < 1.29 is 15.2 Å². The van der Waals surface area contributed by atoms with Crippen molar-refractivity contribution >= 4 is 5.78 Å². The van der Waals surface area contributed by atoms with Crippen LogP contribution in [0, 0.1) is 15.3 Å². The van der Waals surface area contributed by atoms with Gasteiger partial charge in [0.2, 0.25) is 0 Å². The smallest absolute Gasteiger partial charge is 0.130 e. The van der Waals surface area contributed by atoms with Crippen molar-refractivity contribution in [3.63, 3.8) is 0 Å². The highest BCUT2D eigenvalue weighted by Crippen LogP contribution is 1.90. The molecule has 0 rings (SSSR count). The number of nitrogens with zero attached hydrogens (tertiary/aromatic N) is 1. The van der Waals surface area contributed by atoms with Crippen LogP contribution < -0.4 is 5.32 Å². The number of rotatable bonds is 7. The Labute approximate surface area is 96.1 Å².